The first-order chi connectivity index (χ1) is 7.75. The molecule has 1 aliphatic rings. The van der Waals surface area contributed by atoms with Gasteiger partial charge in [0.25, 0.3) is 0 Å². The number of rotatable bonds is 4. The number of likely N-dealkylation sites (tertiary alicyclic amines) is 1. The Morgan fingerprint density at radius 3 is 2.75 bits per heavy atom. The van der Waals surface area contributed by atoms with Crippen LogP contribution in [0.15, 0.2) is 30.3 Å². The van der Waals surface area contributed by atoms with E-state index in [4.69, 9.17) is 0 Å². The molecule has 1 N–H and O–H groups in total. The Kier molecular flexibility index (Phi) is 3.97. The van der Waals surface area contributed by atoms with E-state index in [0.717, 1.165) is 26.1 Å². The largest absolute Gasteiger partial charge is 0.392 e. The molecule has 2 heteroatoms. The van der Waals surface area contributed by atoms with Crippen molar-refractivity contribution in [1.29, 1.82) is 0 Å². The van der Waals surface area contributed by atoms with Gasteiger partial charge in [0.2, 0.25) is 0 Å². The SMILES string of the molecule is C[C@H](CCN1CC[C@@H](O)C1)c1ccccc1. The highest BCUT2D eigenvalue weighted by Crippen LogP contribution is 2.20. The summed E-state index contributed by atoms with van der Waals surface area (Å²) < 4.78 is 0. The minimum Gasteiger partial charge on any atom is -0.392 e. The predicted octanol–water partition coefficient (Wildman–Crippen LogP) is 2.25. The van der Waals surface area contributed by atoms with E-state index in [2.05, 4.69) is 42.2 Å². The summed E-state index contributed by atoms with van der Waals surface area (Å²) >= 11 is 0. The Morgan fingerprint density at radius 1 is 1.38 bits per heavy atom. The van der Waals surface area contributed by atoms with Crippen LogP contribution in [0.25, 0.3) is 0 Å². The van der Waals surface area contributed by atoms with Crippen molar-refractivity contribution in [2.45, 2.75) is 31.8 Å². The zero-order valence-corrected chi connectivity index (χ0v) is 9.97. The van der Waals surface area contributed by atoms with Gasteiger partial charge in [-0.05, 0) is 30.9 Å². The van der Waals surface area contributed by atoms with Crippen LogP contribution in [0.1, 0.15) is 31.2 Å². The molecule has 16 heavy (non-hydrogen) atoms. The van der Waals surface area contributed by atoms with Crippen molar-refractivity contribution in [3.63, 3.8) is 0 Å². The first kappa shape index (κ1) is 11.6. The zero-order valence-electron chi connectivity index (χ0n) is 9.97. The van der Waals surface area contributed by atoms with E-state index in [1.54, 1.807) is 0 Å². The maximum atomic E-state index is 9.44. The second-order valence-corrected chi connectivity index (χ2v) is 4.84. The van der Waals surface area contributed by atoms with Crippen LogP contribution in [0, 0.1) is 0 Å². The number of β-amino-alcohol motifs (C(OH)–C–C–N with tert-alkyl or cyclic N) is 1. The molecule has 0 spiro atoms. The minimum atomic E-state index is -0.0907. The van der Waals surface area contributed by atoms with Crippen LogP contribution in [-0.2, 0) is 0 Å². The summed E-state index contributed by atoms with van der Waals surface area (Å²) in [7, 11) is 0. The number of hydrogen-bond acceptors (Lipinski definition) is 2. The maximum Gasteiger partial charge on any atom is 0.0679 e. The number of benzene rings is 1. The molecule has 2 nitrogen and oxygen atoms in total. The molecule has 1 heterocycles. The van der Waals surface area contributed by atoms with E-state index in [-0.39, 0.29) is 6.10 Å². The highest BCUT2D eigenvalue weighted by molar-refractivity contribution is 5.18. The summed E-state index contributed by atoms with van der Waals surface area (Å²) in [5.74, 6) is 0.610. The van der Waals surface area contributed by atoms with Gasteiger partial charge in [0.05, 0.1) is 6.10 Å². The molecule has 0 aliphatic carbocycles. The summed E-state index contributed by atoms with van der Waals surface area (Å²) in [6, 6.07) is 10.7. The fourth-order valence-electron chi connectivity index (χ4n) is 2.34. The molecular weight excluding hydrogens is 198 g/mol. The van der Waals surface area contributed by atoms with E-state index in [9.17, 15) is 5.11 Å². The number of aliphatic hydroxyl groups excluding tert-OH is 1. The molecule has 0 unspecified atom stereocenters. The predicted molar refractivity (Wildman–Crippen MR) is 66.5 cm³/mol. The molecule has 1 aliphatic heterocycles. The van der Waals surface area contributed by atoms with Gasteiger partial charge in [0.15, 0.2) is 0 Å². The van der Waals surface area contributed by atoms with Gasteiger partial charge in [0, 0.05) is 13.1 Å². The Bertz CT molecular complexity index is 312. The molecule has 1 saturated heterocycles. The van der Waals surface area contributed by atoms with Crippen LogP contribution in [-0.4, -0.2) is 35.7 Å². The average molecular weight is 219 g/mol. The summed E-state index contributed by atoms with van der Waals surface area (Å²) in [4.78, 5) is 2.37. The molecule has 0 amide bonds. The highest BCUT2D eigenvalue weighted by atomic mass is 16.3. The van der Waals surface area contributed by atoms with Crippen LogP contribution in [0.5, 0.6) is 0 Å². The number of hydrogen-bond donors (Lipinski definition) is 1. The van der Waals surface area contributed by atoms with E-state index < -0.39 is 0 Å². The Balaban J connectivity index is 1.78. The van der Waals surface area contributed by atoms with Crippen molar-refractivity contribution in [3.8, 4) is 0 Å². The molecule has 0 bridgehead atoms. The van der Waals surface area contributed by atoms with E-state index in [0.29, 0.717) is 5.92 Å². The van der Waals surface area contributed by atoms with Crippen molar-refractivity contribution in [3.05, 3.63) is 35.9 Å². The van der Waals surface area contributed by atoms with E-state index in [1.807, 2.05) is 0 Å². The van der Waals surface area contributed by atoms with Gasteiger partial charge in [-0.25, -0.2) is 0 Å². The van der Waals surface area contributed by atoms with Crippen LogP contribution in [0.4, 0.5) is 0 Å². The molecule has 0 saturated carbocycles. The highest BCUT2D eigenvalue weighted by Gasteiger charge is 2.20. The average Bonchev–Trinajstić information content (AvgIpc) is 2.73. The normalized spacial score (nSPS) is 23.5. The third-order valence-corrected chi connectivity index (χ3v) is 3.49. The Labute approximate surface area is 97.9 Å². The summed E-state index contributed by atoms with van der Waals surface area (Å²) in [5, 5.41) is 9.44. The summed E-state index contributed by atoms with van der Waals surface area (Å²) in [6.07, 6.45) is 2.03. The van der Waals surface area contributed by atoms with E-state index in [1.165, 1.54) is 12.0 Å². The molecule has 1 aromatic carbocycles. The molecule has 1 fully saturated rings. The van der Waals surface area contributed by atoms with Crippen molar-refractivity contribution in [2.24, 2.45) is 0 Å². The lowest BCUT2D eigenvalue weighted by atomic mass is 9.98. The van der Waals surface area contributed by atoms with E-state index >= 15 is 0 Å². The van der Waals surface area contributed by atoms with Gasteiger partial charge < -0.3 is 10.0 Å². The van der Waals surface area contributed by atoms with Gasteiger partial charge in [-0.15, -0.1) is 0 Å². The first-order valence-corrected chi connectivity index (χ1v) is 6.21. The first-order valence-electron chi connectivity index (χ1n) is 6.21. The Hall–Kier alpha value is -0.860. The smallest absolute Gasteiger partial charge is 0.0679 e. The molecular formula is C14H21NO. The molecule has 0 aromatic heterocycles. The standard InChI is InChI=1S/C14H21NO/c1-12(13-5-3-2-4-6-13)7-9-15-10-8-14(16)11-15/h2-6,12,14,16H,7-11H2,1H3/t12-,14-/m1/s1. The number of aliphatic hydroxyl groups is 1. The second kappa shape index (κ2) is 5.46. The van der Waals surface area contributed by atoms with Crippen molar-refractivity contribution in [1.82, 2.24) is 4.90 Å². The van der Waals surface area contributed by atoms with Gasteiger partial charge >= 0.3 is 0 Å². The van der Waals surface area contributed by atoms with Crippen molar-refractivity contribution < 1.29 is 5.11 Å². The second-order valence-electron chi connectivity index (χ2n) is 4.84. The quantitative estimate of drug-likeness (QED) is 0.839. The van der Waals surface area contributed by atoms with Gasteiger partial charge in [-0.1, -0.05) is 37.3 Å². The van der Waals surface area contributed by atoms with Crippen molar-refractivity contribution >= 4 is 0 Å². The molecule has 2 atom stereocenters. The maximum absolute atomic E-state index is 9.44. The minimum absolute atomic E-state index is 0.0907. The number of nitrogens with zero attached hydrogens (tertiary/aromatic N) is 1. The van der Waals surface area contributed by atoms with Gasteiger partial charge in [0.1, 0.15) is 0 Å². The summed E-state index contributed by atoms with van der Waals surface area (Å²) in [6.45, 7) is 5.30. The fourth-order valence-corrected chi connectivity index (χ4v) is 2.34. The molecule has 2 rings (SSSR count). The lowest BCUT2D eigenvalue weighted by Crippen LogP contribution is -2.24. The van der Waals surface area contributed by atoms with Crippen molar-refractivity contribution in [2.75, 3.05) is 19.6 Å². The van der Waals surface area contributed by atoms with Crippen LogP contribution >= 0.6 is 0 Å². The molecule has 1 aromatic rings. The van der Waals surface area contributed by atoms with Gasteiger partial charge in [-0.3, -0.25) is 0 Å². The monoisotopic (exact) mass is 219 g/mol. The van der Waals surface area contributed by atoms with Crippen LogP contribution in [0.3, 0.4) is 0 Å². The lowest BCUT2D eigenvalue weighted by molar-refractivity contribution is 0.175. The van der Waals surface area contributed by atoms with Gasteiger partial charge in [-0.2, -0.15) is 0 Å². The van der Waals surface area contributed by atoms with Crippen LogP contribution in [0.2, 0.25) is 0 Å². The molecule has 0 radical (unpaired) electrons. The zero-order chi connectivity index (χ0) is 11.4. The summed E-state index contributed by atoms with van der Waals surface area (Å²) in [5.41, 5.74) is 1.42. The molecule has 88 valence electrons. The third-order valence-electron chi connectivity index (χ3n) is 3.49. The topological polar surface area (TPSA) is 23.5 Å². The Morgan fingerprint density at radius 2 is 2.12 bits per heavy atom. The lowest BCUT2D eigenvalue weighted by Gasteiger charge is -2.18. The fraction of sp³-hybridized carbons (Fsp3) is 0.571. The third kappa shape index (κ3) is 3.06. The van der Waals surface area contributed by atoms with Crippen LogP contribution < -0.4 is 0 Å².